The molecule has 5 nitrogen and oxygen atoms in total. The van der Waals surface area contributed by atoms with Crippen LogP contribution in [0.3, 0.4) is 0 Å². The fourth-order valence-electron chi connectivity index (χ4n) is 1.81. The molecule has 0 spiro atoms. The molecule has 0 fully saturated rings. The SMILES string of the molecule is C[C@](O)(CNS(=O)(=O)c1ccc(C(F)(F)F)cc1)c1ccco1. The van der Waals surface area contributed by atoms with Crippen molar-refractivity contribution in [3.05, 3.63) is 54.0 Å². The molecule has 0 amide bonds. The first-order valence-corrected chi connectivity index (χ1v) is 7.94. The lowest BCUT2D eigenvalue weighted by Gasteiger charge is -2.21. The zero-order chi connectivity index (χ0) is 17.3. The van der Waals surface area contributed by atoms with Gasteiger partial charge in [-0.05, 0) is 43.3 Å². The van der Waals surface area contributed by atoms with Crippen LogP contribution in [0.2, 0.25) is 0 Å². The van der Waals surface area contributed by atoms with Crippen LogP contribution in [-0.4, -0.2) is 20.1 Å². The third-order valence-corrected chi connectivity index (χ3v) is 4.57. The molecule has 0 radical (unpaired) electrons. The van der Waals surface area contributed by atoms with Gasteiger partial charge in [0.15, 0.2) is 0 Å². The Morgan fingerprint density at radius 2 is 1.78 bits per heavy atom. The van der Waals surface area contributed by atoms with E-state index in [-0.39, 0.29) is 10.7 Å². The molecular weight excluding hydrogens is 335 g/mol. The molecule has 2 aromatic rings. The summed E-state index contributed by atoms with van der Waals surface area (Å²) in [6.45, 7) is 0.949. The molecule has 0 saturated carbocycles. The van der Waals surface area contributed by atoms with Crippen LogP contribution in [-0.2, 0) is 21.8 Å². The Kier molecular flexibility index (Phi) is 4.56. The summed E-state index contributed by atoms with van der Waals surface area (Å²) >= 11 is 0. The van der Waals surface area contributed by atoms with Crippen molar-refractivity contribution in [1.29, 1.82) is 0 Å². The number of hydrogen-bond acceptors (Lipinski definition) is 4. The molecule has 2 N–H and O–H groups in total. The van der Waals surface area contributed by atoms with E-state index in [1.165, 1.54) is 25.3 Å². The second-order valence-corrected chi connectivity index (χ2v) is 6.86. The summed E-state index contributed by atoms with van der Waals surface area (Å²) in [6.07, 6.45) is -3.22. The topological polar surface area (TPSA) is 79.5 Å². The lowest BCUT2D eigenvalue weighted by molar-refractivity contribution is -0.137. The molecule has 126 valence electrons. The van der Waals surface area contributed by atoms with Crippen molar-refractivity contribution in [3.63, 3.8) is 0 Å². The molecule has 1 aromatic heterocycles. The first-order valence-electron chi connectivity index (χ1n) is 6.46. The highest BCUT2D eigenvalue weighted by Gasteiger charge is 2.31. The van der Waals surface area contributed by atoms with Crippen molar-refractivity contribution >= 4 is 10.0 Å². The van der Waals surface area contributed by atoms with Gasteiger partial charge in [0.05, 0.1) is 16.7 Å². The second kappa shape index (κ2) is 5.99. The number of benzene rings is 1. The number of aliphatic hydroxyl groups is 1. The summed E-state index contributed by atoms with van der Waals surface area (Å²) in [5.74, 6) is 0.160. The molecule has 0 unspecified atom stereocenters. The van der Waals surface area contributed by atoms with Crippen molar-refractivity contribution in [2.24, 2.45) is 0 Å². The third-order valence-electron chi connectivity index (χ3n) is 3.15. The van der Waals surface area contributed by atoms with Crippen LogP contribution in [0.5, 0.6) is 0 Å². The minimum Gasteiger partial charge on any atom is -0.466 e. The van der Waals surface area contributed by atoms with Gasteiger partial charge in [0.25, 0.3) is 0 Å². The van der Waals surface area contributed by atoms with Crippen LogP contribution in [0.25, 0.3) is 0 Å². The zero-order valence-electron chi connectivity index (χ0n) is 12.0. The number of furan rings is 1. The smallest absolute Gasteiger partial charge is 0.416 e. The summed E-state index contributed by atoms with van der Waals surface area (Å²) in [5.41, 5.74) is -2.54. The van der Waals surface area contributed by atoms with Gasteiger partial charge in [0.1, 0.15) is 11.4 Å². The van der Waals surface area contributed by atoms with E-state index >= 15 is 0 Å². The lowest BCUT2D eigenvalue weighted by Crippen LogP contribution is -2.38. The first-order chi connectivity index (χ1) is 10.5. The maximum absolute atomic E-state index is 12.5. The Labute approximate surface area is 130 Å². The average Bonchev–Trinajstić information content (AvgIpc) is 3.00. The molecule has 1 aromatic carbocycles. The Balaban J connectivity index is 2.13. The van der Waals surface area contributed by atoms with E-state index in [1.807, 2.05) is 0 Å². The lowest BCUT2D eigenvalue weighted by atomic mass is 10.1. The highest BCUT2D eigenvalue weighted by Crippen LogP contribution is 2.29. The van der Waals surface area contributed by atoms with E-state index in [4.69, 9.17) is 4.42 Å². The molecule has 2 rings (SSSR count). The number of hydrogen-bond donors (Lipinski definition) is 2. The van der Waals surface area contributed by atoms with E-state index in [0.717, 1.165) is 12.1 Å². The largest absolute Gasteiger partial charge is 0.466 e. The molecule has 1 atom stereocenters. The number of alkyl halides is 3. The summed E-state index contributed by atoms with van der Waals surface area (Å²) in [7, 11) is -4.07. The Bertz CT molecular complexity index is 750. The first kappa shape index (κ1) is 17.5. The van der Waals surface area contributed by atoms with E-state index in [0.29, 0.717) is 12.1 Å². The predicted octanol–water partition coefficient (Wildman–Crippen LogP) is 2.48. The van der Waals surface area contributed by atoms with E-state index in [9.17, 15) is 26.7 Å². The van der Waals surface area contributed by atoms with Crippen LogP contribution >= 0.6 is 0 Å². The minimum atomic E-state index is -4.54. The monoisotopic (exact) mass is 349 g/mol. The highest BCUT2D eigenvalue weighted by molar-refractivity contribution is 7.89. The molecular formula is C14H14F3NO4S. The van der Waals surface area contributed by atoms with E-state index < -0.39 is 33.9 Å². The molecule has 0 bridgehead atoms. The third kappa shape index (κ3) is 4.12. The van der Waals surface area contributed by atoms with Crippen molar-refractivity contribution < 1.29 is 31.1 Å². The minimum absolute atomic E-state index is 0.160. The molecule has 0 aliphatic carbocycles. The molecule has 0 aliphatic heterocycles. The number of rotatable bonds is 5. The van der Waals surface area contributed by atoms with Gasteiger partial charge >= 0.3 is 6.18 Å². The summed E-state index contributed by atoms with van der Waals surface area (Å²) in [5, 5.41) is 10.2. The maximum atomic E-state index is 12.5. The van der Waals surface area contributed by atoms with Crippen LogP contribution in [0.4, 0.5) is 13.2 Å². The van der Waals surface area contributed by atoms with Crippen molar-refractivity contribution in [1.82, 2.24) is 4.72 Å². The van der Waals surface area contributed by atoms with Crippen molar-refractivity contribution in [3.8, 4) is 0 Å². The molecule has 0 aliphatic rings. The fourth-order valence-corrected chi connectivity index (χ4v) is 2.95. The summed E-state index contributed by atoms with van der Waals surface area (Å²) < 4.78 is 68.7. The number of nitrogens with one attached hydrogen (secondary N) is 1. The fraction of sp³-hybridized carbons (Fsp3) is 0.286. The normalized spacial score (nSPS) is 15.3. The molecule has 23 heavy (non-hydrogen) atoms. The van der Waals surface area contributed by atoms with Gasteiger partial charge in [-0.1, -0.05) is 0 Å². The number of sulfonamides is 1. The van der Waals surface area contributed by atoms with Gasteiger partial charge in [-0.3, -0.25) is 0 Å². The van der Waals surface area contributed by atoms with Gasteiger partial charge in [0.2, 0.25) is 10.0 Å². The van der Waals surface area contributed by atoms with Crippen LogP contribution in [0.15, 0.2) is 52.0 Å². The Hall–Kier alpha value is -1.84. The second-order valence-electron chi connectivity index (χ2n) is 5.10. The van der Waals surface area contributed by atoms with Gasteiger partial charge in [-0.15, -0.1) is 0 Å². The zero-order valence-corrected chi connectivity index (χ0v) is 12.8. The van der Waals surface area contributed by atoms with Crippen molar-refractivity contribution in [2.75, 3.05) is 6.54 Å². The van der Waals surface area contributed by atoms with Gasteiger partial charge < -0.3 is 9.52 Å². The Morgan fingerprint density at radius 3 is 2.26 bits per heavy atom. The standard InChI is InChI=1S/C14H14F3NO4S/c1-13(19,12-3-2-8-22-12)9-18-23(20,21)11-6-4-10(5-7-11)14(15,16)17/h2-8,18-19H,9H2,1H3/t13-/m0/s1. The van der Waals surface area contributed by atoms with Crippen LogP contribution in [0, 0.1) is 0 Å². The van der Waals surface area contributed by atoms with Gasteiger partial charge in [-0.2, -0.15) is 13.2 Å². The van der Waals surface area contributed by atoms with Crippen LogP contribution < -0.4 is 4.72 Å². The average molecular weight is 349 g/mol. The van der Waals surface area contributed by atoms with Crippen LogP contribution in [0.1, 0.15) is 18.2 Å². The molecule has 1 heterocycles. The van der Waals surface area contributed by atoms with E-state index in [2.05, 4.69) is 4.72 Å². The Morgan fingerprint density at radius 1 is 1.17 bits per heavy atom. The summed E-state index contributed by atoms with van der Waals surface area (Å²) in [4.78, 5) is -0.333. The molecule has 0 saturated heterocycles. The van der Waals surface area contributed by atoms with Gasteiger partial charge in [0, 0.05) is 6.54 Å². The van der Waals surface area contributed by atoms with Crippen molar-refractivity contribution in [2.45, 2.75) is 23.6 Å². The summed E-state index contributed by atoms with van der Waals surface area (Å²) in [6, 6.07) is 6.08. The molecule has 9 heteroatoms. The van der Waals surface area contributed by atoms with Gasteiger partial charge in [-0.25, -0.2) is 13.1 Å². The number of halogens is 3. The maximum Gasteiger partial charge on any atom is 0.416 e. The predicted molar refractivity (Wildman–Crippen MR) is 74.9 cm³/mol. The highest BCUT2D eigenvalue weighted by atomic mass is 32.2. The quantitative estimate of drug-likeness (QED) is 0.869. The van der Waals surface area contributed by atoms with E-state index in [1.54, 1.807) is 0 Å².